The molecule has 0 saturated carbocycles. The minimum absolute atomic E-state index is 0.460. The molecule has 0 aliphatic heterocycles. The smallest absolute Gasteiger partial charge is 0.270 e. The molecular weight excluding hydrogens is 248 g/mol. The number of hydrogen-bond donors (Lipinski definition) is 2. The zero-order valence-electron chi connectivity index (χ0n) is 7.49. The molecule has 4 nitrogen and oxygen atoms in total. The molecule has 1 rings (SSSR count). The van der Waals surface area contributed by atoms with Crippen LogP contribution in [0, 0.1) is 6.92 Å². The lowest BCUT2D eigenvalue weighted by molar-refractivity contribution is -0.110. The minimum atomic E-state index is -0.460. The first-order chi connectivity index (χ1) is 6.63. The standard InChI is InChI=1S/C9H9BrN2O2/c1-6-4-7(10)2-3-8(6)12-9(13)5-11-14/h2-5,14H,1H3,(H,12,13)/b11-5-. The highest BCUT2D eigenvalue weighted by atomic mass is 79.9. The van der Waals surface area contributed by atoms with Crippen molar-refractivity contribution in [3.8, 4) is 0 Å². The lowest BCUT2D eigenvalue weighted by Gasteiger charge is -2.05. The summed E-state index contributed by atoms with van der Waals surface area (Å²) in [5, 5.41) is 13.3. The number of aryl methyl sites for hydroxylation is 1. The van der Waals surface area contributed by atoms with Crippen LogP contribution < -0.4 is 5.32 Å². The number of benzene rings is 1. The molecule has 0 heterocycles. The van der Waals surface area contributed by atoms with Crippen molar-refractivity contribution in [1.29, 1.82) is 0 Å². The van der Waals surface area contributed by atoms with Crippen LogP contribution >= 0.6 is 15.9 Å². The normalized spacial score (nSPS) is 10.4. The van der Waals surface area contributed by atoms with Crippen LogP contribution in [0.25, 0.3) is 0 Å². The fourth-order valence-corrected chi connectivity index (χ4v) is 1.46. The van der Waals surface area contributed by atoms with Gasteiger partial charge in [0.1, 0.15) is 6.21 Å². The monoisotopic (exact) mass is 256 g/mol. The van der Waals surface area contributed by atoms with Crippen molar-refractivity contribution < 1.29 is 10.0 Å². The van der Waals surface area contributed by atoms with E-state index in [1.807, 2.05) is 19.1 Å². The van der Waals surface area contributed by atoms with Gasteiger partial charge in [-0.05, 0) is 30.7 Å². The van der Waals surface area contributed by atoms with Gasteiger partial charge in [0.2, 0.25) is 0 Å². The van der Waals surface area contributed by atoms with Crippen LogP contribution in [0.4, 0.5) is 5.69 Å². The second-order valence-corrected chi connectivity index (χ2v) is 3.61. The van der Waals surface area contributed by atoms with Gasteiger partial charge in [0.15, 0.2) is 0 Å². The maximum Gasteiger partial charge on any atom is 0.270 e. The van der Waals surface area contributed by atoms with Gasteiger partial charge < -0.3 is 10.5 Å². The Morgan fingerprint density at radius 2 is 2.36 bits per heavy atom. The number of nitrogens with one attached hydrogen (secondary N) is 1. The van der Waals surface area contributed by atoms with Crippen LogP contribution in [0.2, 0.25) is 0 Å². The Labute approximate surface area is 89.7 Å². The molecule has 0 saturated heterocycles. The van der Waals surface area contributed by atoms with Crippen molar-refractivity contribution in [1.82, 2.24) is 0 Å². The Bertz CT molecular complexity index is 377. The second kappa shape index (κ2) is 4.76. The first-order valence-corrected chi connectivity index (χ1v) is 4.67. The zero-order valence-corrected chi connectivity index (χ0v) is 9.08. The molecule has 0 atom stereocenters. The predicted molar refractivity (Wildman–Crippen MR) is 57.8 cm³/mol. The minimum Gasteiger partial charge on any atom is -0.411 e. The Hall–Kier alpha value is -1.36. The summed E-state index contributed by atoms with van der Waals surface area (Å²) in [5.74, 6) is -0.460. The van der Waals surface area contributed by atoms with Gasteiger partial charge in [0.05, 0.1) is 0 Å². The number of oxime groups is 1. The molecule has 74 valence electrons. The van der Waals surface area contributed by atoms with Crippen LogP contribution in [0.3, 0.4) is 0 Å². The number of hydrogen-bond acceptors (Lipinski definition) is 3. The van der Waals surface area contributed by atoms with Crippen molar-refractivity contribution in [2.24, 2.45) is 5.16 Å². The van der Waals surface area contributed by atoms with E-state index in [9.17, 15) is 4.79 Å². The maximum absolute atomic E-state index is 11.0. The lowest BCUT2D eigenvalue weighted by Crippen LogP contribution is -2.13. The molecule has 0 bridgehead atoms. The molecule has 0 radical (unpaired) electrons. The Morgan fingerprint density at radius 3 is 2.93 bits per heavy atom. The molecule has 0 aliphatic carbocycles. The summed E-state index contributed by atoms with van der Waals surface area (Å²) in [4.78, 5) is 11.0. The summed E-state index contributed by atoms with van der Waals surface area (Å²) >= 11 is 3.31. The van der Waals surface area contributed by atoms with Gasteiger partial charge in [-0.25, -0.2) is 0 Å². The summed E-state index contributed by atoms with van der Waals surface area (Å²) < 4.78 is 0.948. The maximum atomic E-state index is 11.0. The van der Waals surface area contributed by atoms with Crippen molar-refractivity contribution in [2.75, 3.05) is 5.32 Å². The second-order valence-electron chi connectivity index (χ2n) is 2.69. The van der Waals surface area contributed by atoms with Crippen molar-refractivity contribution >= 4 is 33.7 Å². The van der Waals surface area contributed by atoms with E-state index in [2.05, 4.69) is 26.4 Å². The Morgan fingerprint density at radius 1 is 1.64 bits per heavy atom. The van der Waals surface area contributed by atoms with Crippen LogP contribution in [-0.2, 0) is 4.79 Å². The van der Waals surface area contributed by atoms with E-state index in [4.69, 9.17) is 5.21 Å². The largest absolute Gasteiger partial charge is 0.411 e. The first kappa shape index (κ1) is 10.7. The Kier molecular flexibility index (Phi) is 3.64. The van der Waals surface area contributed by atoms with Crippen molar-refractivity contribution in [2.45, 2.75) is 6.92 Å². The van der Waals surface area contributed by atoms with Crippen molar-refractivity contribution in [3.05, 3.63) is 28.2 Å². The number of carbonyl (C=O) groups is 1. The highest BCUT2D eigenvalue weighted by molar-refractivity contribution is 9.10. The van der Waals surface area contributed by atoms with E-state index in [-0.39, 0.29) is 0 Å². The molecule has 1 aromatic rings. The van der Waals surface area contributed by atoms with Crippen molar-refractivity contribution in [3.63, 3.8) is 0 Å². The number of rotatable bonds is 2. The highest BCUT2D eigenvalue weighted by Gasteiger charge is 2.02. The molecule has 5 heteroatoms. The summed E-state index contributed by atoms with van der Waals surface area (Å²) in [6.45, 7) is 1.87. The third-order valence-corrected chi connectivity index (χ3v) is 2.11. The molecular formula is C9H9BrN2O2. The van der Waals surface area contributed by atoms with Gasteiger partial charge in [-0.2, -0.15) is 0 Å². The molecule has 0 fully saturated rings. The molecule has 0 aromatic heterocycles. The zero-order chi connectivity index (χ0) is 10.6. The van der Waals surface area contributed by atoms with Gasteiger partial charge in [-0.15, -0.1) is 0 Å². The van der Waals surface area contributed by atoms with E-state index >= 15 is 0 Å². The predicted octanol–water partition coefficient (Wildman–Crippen LogP) is 2.16. The molecule has 1 aromatic carbocycles. The average Bonchev–Trinajstić information content (AvgIpc) is 2.10. The van der Waals surface area contributed by atoms with Gasteiger partial charge in [-0.1, -0.05) is 21.1 Å². The van der Waals surface area contributed by atoms with Gasteiger partial charge >= 0.3 is 0 Å². The number of halogens is 1. The first-order valence-electron chi connectivity index (χ1n) is 3.88. The lowest BCUT2D eigenvalue weighted by atomic mass is 10.2. The summed E-state index contributed by atoms with van der Waals surface area (Å²) in [7, 11) is 0. The number of anilines is 1. The van der Waals surface area contributed by atoms with Crippen LogP contribution in [0.15, 0.2) is 27.8 Å². The molecule has 14 heavy (non-hydrogen) atoms. The van der Waals surface area contributed by atoms with Gasteiger partial charge in [-0.3, -0.25) is 4.79 Å². The van der Waals surface area contributed by atoms with E-state index in [0.29, 0.717) is 5.69 Å². The Balaban J connectivity index is 2.82. The fourth-order valence-electron chi connectivity index (χ4n) is 0.985. The fraction of sp³-hybridized carbons (Fsp3) is 0.111. The molecule has 2 N–H and O–H groups in total. The molecule has 1 amide bonds. The number of amides is 1. The summed E-state index contributed by atoms with van der Waals surface area (Å²) in [5.41, 5.74) is 1.62. The highest BCUT2D eigenvalue weighted by Crippen LogP contribution is 2.19. The number of nitrogens with zero attached hydrogens (tertiary/aromatic N) is 1. The van der Waals surface area contributed by atoms with E-state index < -0.39 is 5.91 Å². The van der Waals surface area contributed by atoms with Crippen LogP contribution in [0.1, 0.15) is 5.56 Å². The third-order valence-electron chi connectivity index (χ3n) is 1.62. The van der Waals surface area contributed by atoms with E-state index in [1.54, 1.807) is 6.07 Å². The summed E-state index contributed by atoms with van der Waals surface area (Å²) in [6, 6.07) is 5.47. The number of carbonyl (C=O) groups excluding carboxylic acids is 1. The van der Waals surface area contributed by atoms with Crippen LogP contribution in [0.5, 0.6) is 0 Å². The third kappa shape index (κ3) is 2.85. The molecule has 0 spiro atoms. The van der Waals surface area contributed by atoms with E-state index in [0.717, 1.165) is 16.3 Å². The quantitative estimate of drug-likeness (QED) is 0.484. The summed E-state index contributed by atoms with van der Waals surface area (Å²) in [6.07, 6.45) is 0.807. The molecule has 0 unspecified atom stereocenters. The molecule has 0 aliphatic rings. The van der Waals surface area contributed by atoms with E-state index in [1.165, 1.54) is 0 Å². The average molecular weight is 257 g/mol. The van der Waals surface area contributed by atoms with Crippen LogP contribution in [-0.4, -0.2) is 17.3 Å². The SMILES string of the molecule is Cc1cc(Br)ccc1NC(=O)/C=N\O. The topological polar surface area (TPSA) is 61.7 Å². The van der Waals surface area contributed by atoms with Gasteiger partial charge in [0.25, 0.3) is 5.91 Å². The van der Waals surface area contributed by atoms with Gasteiger partial charge in [0, 0.05) is 10.2 Å².